The van der Waals surface area contributed by atoms with Crippen LogP contribution in [0.3, 0.4) is 0 Å². The highest BCUT2D eigenvalue weighted by Gasteiger charge is 2.29. The van der Waals surface area contributed by atoms with Gasteiger partial charge in [-0.15, -0.1) is 0 Å². The summed E-state index contributed by atoms with van der Waals surface area (Å²) < 4.78 is 40.9. The van der Waals surface area contributed by atoms with Crippen molar-refractivity contribution in [3.8, 4) is 11.5 Å². The van der Waals surface area contributed by atoms with E-state index >= 15 is 0 Å². The highest BCUT2D eigenvalue weighted by atomic mass is 35.5. The van der Waals surface area contributed by atoms with Crippen molar-refractivity contribution in [2.24, 2.45) is 11.8 Å². The zero-order valence-corrected chi connectivity index (χ0v) is 35.7. The molecule has 2 saturated heterocycles. The lowest BCUT2D eigenvalue weighted by Gasteiger charge is -2.39. The number of hydrogen-bond donors (Lipinski definition) is 2. The number of nitro benzene ring substituents is 1. The number of carbonyl (C=O) groups is 1. The Morgan fingerprint density at radius 3 is 2.32 bits per heavy atom. The van der Waals surface area contributed by atoms with E-state index in [1.807, 2.05) is 18.2 Å². The minimum absolute atomic E-state index is 0.000168. The lowest BCUT2D eigenvalue weighted by molar-refractivity contribution is -0.384. The molecule has 15 heteroatoms. The summed E-state index contributed by atoms with van der Waals surface area (Å²) in [5.74, 6) is 0.935. The first-order valence-corrected chi connectivity index (χ1v) is 22.5. The number of sulfonamides is 1. The maximum Gasteiger partial charge on any atom is 0.293 e. The van der Waals surface area contributed by atoms with Crippen LogP contribution in [0.4, 0.5) is 17.1 Å². The number of nitrogens with zero attached hydrogens (tertiary/aromatic N) is 4. The van der Waals surface area contributed by atoms with Gasteiger partial charge >= 0.3 is 0 Å². The van der Waals surface area contributed by atoms with Crippen molar-refractivity contribution in [1.29, 1.82) is 0 Å². The molecule has 1 amide bonds. The van der Waals surface area contributed by atoms with Crippen molar-refractivity contribution in [3.63, 3.8) is 0 Å². The Kier molecular flexibility index (Phi) is 14.1. The summed E-state index contributed by atoms with van der Waals surface area (Å²) in [7, 11) is -4.52. The van der Waals surface area contributed by atoms with Gasteiger partial charge < -0.3 is 19.7 Å². The van der Waals surface area contributed by atoms with E-state index in [1.165, 1.54) is 28.8 Å². The van der Waals surface area contributed by atoms with Gasteiger partial charge in [-0.3, -0.25) is 24.7 Å². The Morgan fingerprint density at radius 1 is 0.883 bits per heavy atom. The van der Waals surface area contributed by atoms with E-state index in [2.05, 4.69) is 50.7 Å². The maximum atomic E-state index is 13.8. The fraction of sp³-hybridized carbons (Fsp3) is 0.400. The topological polar surface area (TPSA) is 147 Å². The number of para-hydroxylation sites is 1. The number of anilines is 2. The standard InChI is InChI=1S/C45H53ClN6O7S/c1-32-27-35(41(28-33(32)2)34-9-11-36(46)12-10-34)31-50-19-21-51(22-20-50)37-13-15-40(44(29-37)59-38-7-4-3-5-8-38)45(53)48-60(56,57)39-14-16-42(43(30-39)52(54)55)47-17-6-18-49-23-25-58-26-24-49/h3-5,7-16,29-30,32-33,47H,6,17-28,31H2,1-2H3,(H,48,53). The third kappa shape index (κ3) is 10.8. The lowest BCUT2D eigenvalue weighted by atomic mass is 9.75. The van der Waals surface area contributed by atoms with Crippen molar-refractivity contribution in [2.75, 3.05) is 82.3 Å². The average Bonchev–Trinajstić information content (AvgIpc) is 3.24. The number of morpholine rings is 1. The zero-order valence-electron chi connectivity index (χ0n) is 34.1. The molecule has 7 rings (SSSR count). The molecule has 318 valence electrons. The van der Waals surface area contributed by atoms with E-state index in [0.717, 1.165) is 88.4 Å². The van der Waals surface area contributed by atoms with Crippen LogP contribution in [0.15, 0.2) is 101 Å². The molecule has 0 spiro atoms. The van der Waals surface area contributed by atoms with Crippen molar-refractivity contribution in [1.82, 2.24) is 14.5 Å². The molecular weight excluding hydrogens is 804 g/mol. The molecule has 0 radical (unpaired) electrons. The molecule has 2 N–H and O–H groups in total. The van der Waals surface area contributed by atoms with Gasteiger partial charge in [0.25, 0.3) is 21.6 Å². The summed E-state index contributed by atoms with van der Waals surface area (Å²) in [6, 6.07) is 25.8. The van der Waals surface area contributed by atoms with E-state index in [9.17, 15) is 23.3 Å². The van der Waals surface area contributed by atoms with Gasteiger partial charge in [-0.1, -0.05) is 61.4 Å². The van der Waals surface area contributed by atoms with Crippen molar-refractivity contribution < 1.29 is 27.6 Å². The first kappa shape index (κ1) is 43.1. The van der Waals surface area contributed by atoms with Crippen LogP contribution in [-0.4, -0.2) is 101 Å². The highest BCUT2D eigenvalue weighted by molar-refractivity contribution is 7.90. The monoisotopic (exact) mass is 856 g/mol. The van der Waals surface area contributed by atoms with Crippen LogP contribution in [0.2, 0.25) is 5.02 Å². The fourth-order valence-electron chi connectivity index (χ4n) is 8.11. The number of nitrogens with one attached hydrogen (secondary N) is 2. The van der Waals surface area contributed by atoms with Crippen LogP contribution in [0.25, 0.3) is 5.57 Å². The van der Waals surface area contributed by atoms with Crippen molar-refractivity contribution >= 4 is 50.2 Å². The Balaban J connectivity index is 1.04. The first-order valence-electron chi connectivity index (χ1n) is 20.6. The molecule has 60 heavy (non-hydrogen) atoms. The van der Waals surface area contributed by atoms with Crippen LogP contribution < -0.4 is 19.7 Å². The van der Waals surface area contributed by atoms with Crippen LogP contribution in [0.1, 0.15) is 49.0 Å². The number of amides is 1. The second-order valence-electron chi connectivity index (χ2n) is 15.9. The van der Waals surface area contributed by atoms with Crippen LogP contribution >= 0.6 is 11.6 Å². The number of halogens is 1. The normalized spacial score (nSPS) is 19.2. The summed E-state index contributed by atoms with van der Waals surface area (Å²) in [4.78, 5) is 31.8. The number of ether oxygens (including phenoxy) is 2. The first-order chi connectivity index (χ1) is 28.9. The van der Waals surface area contributed by atoms with Gasteiger partial charge in [-0.25, -0.2) is 13.1 Å². The summed E-state index contributed by atoms with van der Waals surface area (Å²) in [5.41, 5.74) is 4.78. The number of benzene rings is 4. The molecule has 3 aliphatic rings. The van der Waals surface area contributed by atoms with Gasteiger partial charge in [0, 0.05) is 75.2 Å². The molecule has 2 aliphatic heterocycles. The van der Waals surface area contributed by atoms with Crippen molar-refractivity contribution in [2.45, 2.75) is 38.0 Å². The number of nitro groups is 1. The van der Waals surface area contributed by atoms with E-state index in [4.69, 9.17) is 21.1 Å². The van der Waals surface area contributed by atoms with Gasteiger partial charge in [0.2, 0.25) is 0 Å². The van der Waals surface area contributed by atoms with E-state index < -0.39 is 31.4 Å². The lowest BCUT2D eigenvalue weighted by Crippen LogP contribution is -2.47. The molecule has 0 aromatic heterocycles. The number of rotatable bonds is 15. The molecule has 2 unspecified atom stereocenters. The predicted molar refractivity (Wildman–Crippen MR) is 236 cm³/mol. The average molecular weight is 857 g/mol. The summed E-state index contributed by atoms with van der Waals surface area (Å²) in [6.45, 7) is 13.1. The quantitative estimate of drug-likeness (QED) is 0.0683. The fourth-order valence-corrected chi connectivity index (χ4v) is 9.22. The summed E-state index contributed by atoms with van der Waals surface area (Å²) in [5, 5.41) is 15.8. The van der Waals surface area contributed by atoms with Crippen LogP contribution in [0, 0.1) is 22.0 Å². The number of piperazine rings is 1. The molecule has 1 aliphatic carbocycles. The Hall–Kier alpha value is -4.99. The molecule has 2 heterocycles. The van der Waals surface area contributed by atoms with Gasteiger partial charge in [-0.05, 0) is 97.3 Å². The second kappa shape index (κ2) is 19.6. The van der Waals surface area contributed by atoms with Gasteiger partial charge in [0.15, 0.2) is 0 Å². The smallest absolute Gasteiger partial charge is 0.293 e. The van der Waals surface area contributed by atoms with Crippen molar-refractivity contribution in [3.05, 3.63) is 123 Å². The zero-order chi connectivity index (χ0) is 42.2. The molecule has 13 nitrogen and oxygen atoms in total. The second-order valence-corrected chi connectivity index (χ2v) is 18.0. The molecule has 2 atom stereocenters. The van der Waals surface area contributed by atoms with Crippen LogP contribution in [-0.2, 0) is 14.8 Å². The Labute approximate surface area is 357 Å². The highest BCUT2D eigenvalue weighted by Crippen LogP contribution is 2.40. The number of hydrogen-bond acceptors (Lipinski definition) is 11. The third-order valence-corrected chi connectivity index (χ3v) is 13.4. The number of carbonyl (C=O) groups excluding carboxylic acids is 1. The van der Waals surface area contributed by atoms with E-state index in [1.54, 1.807) is 42.5 Å². The number of allylic oxidation sites excluding steroid dienone is 1. The van der Waals surface area contributed by atoms with E-state index in [-0.39, 0.29) is 17.0 Å². The maximum absolute atomic E-state index is 13.8. The van der Waals surface area contributed by atoms with Gasteiger partial charge in [0.05, 0.1) is 28.6 Å². The van der Waals surface area contributed by atoms with Crippen LogP contribution in [0.5, 0.6) is 11.5 Å². The largest absolute Gasteiger partial charge is 0.456 e. The molecule has 4 aromatic carbocycles. The predicted octanol–water partition coefficient (Wildman–Crippen LogP) is 7.94. The summed E-state index contributed by atoms with van der Waals surface area (Å²) in [6.07, 6.45) is 2.84. The Morgan fingerprint density at radius 2 is 1.60 bits per heavy atom. The summed E-state index contributed by atoms with van der Waals surface area (Å²) >= 11 is 6.23. The molecule has 0 bridgehead atoms. The minimum Gasteiger partial charge on any atom is -0.456 e. The van der Waals surface area contributed by atoms with Gasteiger partial charge in [-0.2, -0.15) is 0 Å². The third-order valence-electron chi connectivity index (χ3n) is 11.8. The SMILES string of the molecule is CC1CC(CN2CCN(c3ccc(C(=O)NS(=O)(=O)c4ccc(NCCCN5CCOCC5)c([N+](=O)[O-])c4)c(Oc4ccccc4)c3)CC2)=C(c2ccc(Cl)cc2)CC1C. The van der Waals surface area contributed by atoms with Gasteiger partial charge in [0.1, 0.15) is 17.2 Å². The van der Waals surface area contributed by atoms with E-state index in [0.29, 0.717) is 37.3 Å². The Bertz CT molecular complexity index is 2280. The minimum atomic E-state index is -4.52. The molecular formula is C45H53ClN6O7S. The molecule has 2 fully saturated rings. The molecule has 4 aromatic rings. The molecule has 0 saturated carbocycles.